The molecule has 0 saturated carbocycles. The van der Waals surface area contributed by atoms with Gasteiger partial charge in [0.05, 0.1) is 9.99 Å². The van der Waals surface area contributed by atoms with Gasteiger partial charge >= 0.3 is 0 Å². The first-order valence-electron chi connectivity index (χ1n) is 6.12. The van der Waals surface area contributed by atoms with Crippen molar-refractivity contribution in [2.24, 2.45) is 0 Å². The Morgan fingerprint density at radius 3 is 2.40 bits per heavy atom. The van der Waals surface area contributed by atoms with E-state index in [4.69, 9.17) is 4.74 Å². The highest BCUT2D eigenvalue weighted by molar-refractivity contribution is 9.13. The highest BCUT2D eigenvalue weighted by Gasteiger charge is 2.06. The Morgan fingerprint density at radius 1 is 0.950 bits per heavy atom. The maximum atomic E-state index is 5.87. The number of fused-ring (bicyclic) bond motifs is 1. The minimum Gasteiger partial charge on any atom is -0.457 e. The molecule has 0 saturated heterocycles. The Kier molecular flexibility index (Phi) is 3.76. The lowest BCUT2D eigenvalue weighted by atomic mass is 10.2. The Balaban J connectivity index is 2.00. The molecule has 4 heteroatoms. The third-order valence-corrected chi connectivity index (χ3v) is 4.98. The highest BCUT2D eigenvalue weighted by Crippen LogP contribution is 2.33. The normalized spacial score (nSPS) is 10.8. The molecule has 0 aliphatic carbocycles. The molecule has 2 nitrogen and oxygen atoms in total. The molecule has 0 radical (unpaired) electrons. The lowest BCUT2D eigenvalue weighted by Gasteiger charge is -2.08. The number of benzene rings is 2. The standard InChI is InChI=1S/C16H11Br2NO/c1-10-2-4-11(5-3-10)20-12-6-7-15-13(8-12)16(18)14(17)9-19-15/h2-9H,1H3. The van der Waals surface area contributed by atoms with E-state index in [0.717, 1.165) is 31.3 Å². The third kappa shape index (κ3) is 2.72. The predicted octanol–water partition coefficient (Wildman–Crippen LogP) is 5.86. The quantitative estimate of drug-likeness (QED) is 0.544. The van der Waals surface area contributed by atoms with Gasteiger partial charge < -0.3 is 4.74 Å². The summed E-state index contributed by atoms with van der Waals surface area (Å²) in [6.07, 6.45) is 1.78. The van der Waals surface area contributed by atoms with Crippen LogP contribution in [0, 0.1) is 6.92 Å². The van der Waals surface area contributed by atoms with Crippen LogP contribution < -0.4 is 4.74 Å². The molecule has 0 amide bonds. The van der Waals surface area contributed by atoms with Crippen molar-refractivity contribution in [3.8, 4) is 11.5 Å². The second-order valence-electron chi connectivity index (χ2n) is 4.51. The molecule has 0 atom stereocenters. The molecule has 0 fully saturated rings. The summed E-state index contributed by atoms with van der Waals surface area (Å²) in [5, 5.41) is 1.02. The van der Waals surface area contributed by atoms with Crippen LogP contribution in [0.1, 0.15) is 5.56 Å². The van der Waals surface area contributed by atoms with Gasteiger partial charge in [0.2, 0.25) is 0 Å². The Hall–Kier alpha value is -1.39. The van der Waals surface area contributed by atoms with E-state index in [1.54, 1.807) is 6.20 Å². The van der Waals surface area contributed by atoms with Crippen molar-refractivity contribution >= 4 is 42.8 Å². The van der Waals surface area contributed by atoms with E-state index in [1.807, 2.05) is 42.5 Å². The highest BCUT2D eigenvalue weighted by atomic mass is 79.9. The van der Waals surface area contributed by atoms with Gasteiger partial charge in [0.1, 0.15) is 11.5 Å². The first kappa shape index (κ1) is 13.6. The SMILES string of the molecule is Cc1ccc(Oc2ccc3ncc(Br)c(Br)c3c2)cc1. The van der Waals surface area contributed by atoms with Crippen molar-refractivity contribution in [3.05, 3.63) is 63.2 Å². The molecule has 0 bridgehead atoms. The molecular formula is C16H11Br2NO. The van der Waals surface area contributed by atoms with Crippen LogP contribution in [-0.2, 0) is 0 Å². The fourth-order valence-corrected chi connectivity index (χ4v) is 2.66. The summed E-state index contributed by atoms with van der Waals surface area (Å²) in [5.74, 6) is 1.62. The number of nitrogens with zero attached hydrogens (tertiary/aromatic N) is 1. The van der Waals surface area contributed by atoms with E-state index in [-0.39, 0.29) is 0 Å². The molecule has 0 aliphatic heterocycles. The van der Waals surface area contributed by atoms with Crippen LogP contribution >= 0.6 is 31.9 Å². The van der Waals surface area contributed by atoms with Gasteiger partial charge in [0.15, 0.2) is 0 Å². The number of halogens is 2. The van der Waals surface area contributed by atoms with E-state index in [0.29, 0.717) is 0 Å². The zero-order valence-corrected chi connectivity index (χ0v) is 13.9. The largest absolute Gasteiger partial charge is 0.457 e. The summed E-state index contributed by atoms with van der Waals surface area (Å²) in [5.41, 5.74) is 2.14. The van der Waals surface area contributed by atoms with Crippen LogP contribution in [0.5, 0.6) is 11.5 Å². The van der Waals surface area contributed by atoms with Crippen molar-refractivity contribution in [1.82, 2.24) is 4.98 Å². The van der Waals surface area contributed by atoms with Crippen LogP contribution in [-0.4, -0.2) is 4.98 Å². The summed E-state index contributed by atoms with van der Waals surface area (Å²) in [7, 11) is 0. The van der Waals surface area contributed by atoms with Crippen LogP contribution in [0.2, 0.25) is 0 Å². The second kappa shape index (κ2) is 5.54. The molecule has 3 rings (SSSR count). The average Bonchev–Trinajstić information content (AvgIpc) is 2.46. The smallest absolute Gasteiger partial charge is 0.128 e. The summed E-state index contributed by atoms with van der Waals surface area (Å²) < 4.78 is 7.78. The minimum absolute atomic E-state index is 0.793. The van der Waals surface area contributed by atoms with Crippen LogP contribution in [0.15, 0.2) is 57.6 Å². The zero-order chi connectivity index (χ0) is 14.1. The molecule has 100 valence electrons. The number of hydrogen-bond acceptors (Lipinski definition) is 2. The van der Waals surface area contributed by atoms with Crippen molar-refractivity contribution in [2.45, 2.75) is 6.92 Å². The maximum absolute atomic E-state index is 5.87. The van der Waals surface area contributed by atoms with Gasteiger partial charge in [-0.15, -0.1) is 0 Å². The molecule has 0 spiro atoms. The molecule has 1 aromatic heterocycles. The Morgan fingerprint density at radius 2 is 1.65 bits per heavy atom. The van der Waals surface area contributed by atoms with Gasteiger partial charge in [0.25, 0.3) is 0 Å². The van der Waals surface area contributed by atoms with Gasteiger partial charge in [-0.2, -0.15) is 0 Å². The monoisotopic (exact) mass is 391 g/mol. The van der Waals surface area contributed by atoms with Crippen LogP contribution in [0.4, 0.5) is 0 Å². The molecule has 1 heterocycles. The summed E-state index contributed by atoms with van der Waals surface area (Å²) in [6.45, 7) is 2.06. The number of aryl methyl sites for hydroxylation is 1. The van der Waals surface area contributed by atoms with E-state index in [9.17, 15) is 0 Å². The van der Waals surface area contributed by atoms with E-state index in [1.165, 1.54) is 5.56 Å². The fraction of sp³-hybridized carbons (Fsp3) is 0.0625. The third-order valence-electron chi connectivity index (χ3n) is 2.99. The zero-order valence-electron chi connectivity index (χ0n) is 10.7. The van der Waals surface area contributed by atoms with E-state index >= 15 is 0 Å². The first-order chi connectivity index (χ1) is 9.63. The number of rotatable bonds is 2. The van der Waals surface area contributed by atoms with Gasteiger partial charge in [-0.1, -0.05) is 17.7 Å². The number of hydrogen-bond donors (Lipinski definition) is 0. The molecular weight excluding hydrogens is 382 g/mol. The number of pyridine rings is 1. The molecule has 2 aromatic carbocycles. The van der Waals surface area contributed by atoms with Crippen molar-refractivity contribution in [3.63, 3.8) is 0 Å². The summed E-state index contributed by atoms with van der Waals surface area (Å²) in [4.78, 5) is 4.37. The van der Waals surface area contributed by atoms with Gasteiger partial charge in [-0.25, -0.2) is 0 Å². The summed E-state index contributed by atoms with van der Waals surface area (Å²) in [6, 6.07) is 13.9. The predicted molar refractivity (Wildman–Crippen MR) is 88.4 cm³/mol. The Labute approximate surface area is 134 Å². The Bertz CT molecular complexity index is 769. The van der Waals surface area contributed by atoms with Gasteiger partial charge in [-0.05, 0) is 69.1 Å². The maximum Gasteiger partial charge on any atom is 0.128 e. The van der Waals surface area contributed by atoms with E-state index in [2.05, 4.69) is 43.8 Å². The molecule has 20 heavy (non-hydrogen) atoms. The van der Waals surface area contributed by atoms with Crippen molar-refractivity contribution < 1.29 is 4.74 Å². The number of aromatic nitrogens is 1. The first-order valence-corrected chi connectivity index (χ1v) is 7.70. The van der Waals surface area contributed by atoms with Crippen molar-refractivity contribution in [2.75, 3.05) is 0 Å². The molecule has 0 aliphatic rings. The minimum atomic E-state index is 0.793. The topological polar surface area (TPSA) is 22.1 Å². The van der Waals surface area contributed by atoms with Gasteiger partial charge in [-0.3, -0.25) is 4.98 Å². The lowest BCUT2D eigenvalue weighted by molar-refractivity contribution is 0.483. The lowest BCUT2D eigenvalue weighted by Crippen LogP contribution is -1.87. The van der Waals surface area contributed by atoms with Gasteiger partial charge in [0, 0.05) is 16.1 Å². The average molecular weight is 393 g/mol. The van der Waals surface area contributed by atoms with E-state index < -0.39 is 0 Å². The summed E-state index contributed by atoms with van der Waals surface area (Å²) >= 11 is 7.03. The second-order valence-corrected chi connectivity index (χ2v) is 6.16. The fourth-order valence-electron chi connectivity index (χ4n) is 1.92. The molecule has 0 unspecified atom stereocenters. The van der Waals surface area contributed by atoms with Crippen LogP contribution in [0.25, 0.3) is 10.9 Å². The van der Waals surface area contributed by atoms with Crippen LogP contribution in [0.3, 0.4) is 0 Å². The number of ether oxygens (including phenoxy) is 1. The molecule has 3 aromatic rings. The van der Waals surface area contributed by atoms with Crippen molar-refractivity contribution in [1.29, 1.82) is 0 Å². The molecule has 0 N–H and O–H groups in total.